The Bertz CT molecular complexity index is 2570. The number of nitrogens with zero attached hydrogens (tertiary/aromatic N) is 4. The van der Waals surface area contributed by atoms with Crippen molar-refractivity contribution in [1.29, 1.82) is 0 Å². The quantitative estimate of drug-likeness (QED) is 0.0532. The van der Waals surface area contributed by atoms with Gasteiger partial charge in [-0.05, 0) is 123 Å². The van der Waals surface area contributed by atoms with Gasteiger partial charge in [0.25, 0.3) is 21.6 Å². The van der Waals surface area contributed by atoms with Gasteiger partial charge in [-0.3, -0.25) is 19.8 Å². The highest BCUT2D eigenvalue weighted by molar-refractivity contribution is 7.90. The van der Waals surface area contributed by atoms with Crippen molar-refractivity contribution in [3.63, 3.8) is 0 Å². The zero-order valence-corrected chi connectivity index (χ0v) is 38.9. The number of hydrogen-bond donors (Lipinski definition) is 3. The van der Waals surface area contributed by atoms with E-state index in [1.807, 2.05) is 12.1 Å². The number of unbranched alkanes of at least 4 members (excludes halogenated alkanes) is 1. The summed E-state index contributed by atoms with van der Waals surface area (Å²) >= 11 is 0. The van der Waals surface area contributed by atoms with Crippen LogP contribution in [0.1, 0.15) is 118 Å². The molecule has 3 aromatic carbocycles. The standard InChI is InChI=1S/C50H63N7O7S/c1-5-6-10-35(19-26-63-4)32-52-44-17-15-40(29-46(44)57(59)60)65(61,62)54-49(58)43-16-14-37(28-47(43)64-39-27-36-18-22-51-48(36)53-33-39)55-24-20-50(21-25-55)30-38(31-50)56-23-9-13-45(56)42-12-8-7-11-41(42)34(2)3/h7-8,11-12,14-18,22,27-29,33-35,38,45,52H,5-6,9-10,13,19-21,23-26,30-32H2,1-4H3,(H,51,53)(H,54,58)/t35-,45+/m1/s1. The maximum atomic E-state index is 14.0. The predicted octanol–water partition coefficient (Wildman–Crippen LogP) is 10.3. The highest BCUT2D eigenvalue weighted by Crippen LogP contribution is 2.54. The van der Waals surface area contributed by atoms with E-state index in [4.69, 9.17) is 9.47 Å². The third kappa shape index (κ3) is 10.3. The Kier molecular flexibility index (Phi) is 14.1. The molecular weight excluding hydrogens is 843 g/mol. The molecule has 2 aromatic heterocycles. The van der Waals surface area contributed by atoms with Crippen LogP contribution in [0.2, 0.25) is 0 Å². The molecule has 2 aliphatic heterocycles. The van der Waals surface area contributed by atoms with E-state index in [9.17, 15) is 23.3 Å². The molecule has 3 aliphatic rings. The number of amides is 1. The number of rotatable bonds is 19. The van der Waals surface area contributed by atoms with Gasteiger partial charge in [0, 0.05) is 74.8 Å². The summed E-state index contributed by atoms with van der Waals surface area (Å²) < 4.78 is 41.4. The van der Waals surface area contributed by atoms with Gasteiger partial charge in [0.1, 0.15) is 22.8 Å². The molecule has 1 saturated carbocycles. The monoisotopic (exact) mass is 905 g/mol. The first kappa shape index (κ1) is 46.0. The number of benzene rings is 3. The van der Waals surface area contributed by atoms with E-state index >= 15 is 0 Å². The number of hydrogen-bond acceptors (Lipinski definition) is 11. The van der Waals surface area contributed by atoms with Crippen LogP contribution in [0.5, 0.6) is 11.5 Å². The Hall–Kier alpha value is -5.51. The van der Waals surface area contributed by atoms with Crippen LogP contribution >= 0.6 is 0 Å². The molecule has 0 unspecified atom stereocenters. The van der Waals surface area contributed by atoms with E-state index in [-0.39, 0.29) is 22.9 Å². The first-order valence-corrected chi connectivity index (χ1v) is 24.8. The number of carbonyl (C=O) groups is 1. The fourth-order valence-corrected chi connectivity index (χ4v) is 11.4. The second-order valence-electron chi connectivity index (χ2n) is 18.6. The van der Waals surface area contributed by atoms with Gasteiger partial charge >= 0.3 is 0 Å². The van der Waals surface area contributed by atoms with Crippen LogP contribution in [-0.2, 0) is 14.8 Å². The van der Waals surface area contributed by atoms with Crippen LogP contribution in [-0.4, -0.2) is 80.1 Å². The number of piperidine rings is 1. The smallest absolute Gasteiger partial charge is 0.293 e. The number of nitrogens with one attached hydrogen (secondary N) is 3. The number of ether oxygens (including phenoxy) is 2. The van der Waals surface area contributed by atoms with Gasteiger partial charge in [0.05, 0.1) is 21.6 Å². The number of fused-ring (bicyclic) bond motifs is 1. The van der Waals surface area contributed by atoms with Gasteiger partial charge < -0.3 is 24.7 Å². The fraction of sp³-hybridized carbons (Fsp3) is 0.480. The Morgan fingerprint density at radius 1 is 1.03 bits per heavy atom. The first-order valence-electron chi connectivity index (χ1n) is 23.3. The number of aromatic nitrogens is 2. The minimum Gasteiger partial charge on any atom is -0.455 e. The number of anilines is 2. The summed E-state index contributed by atoms with van der Waals surface area (Å²) in [5.41, 5.74) is 4.59. The second-order valence-corrected chi connectivity index (χ2v) is 20.3. The minimum atomic E-state index is -4.56. The Balaban J connectivity index is 0.971. The summed E-state index contributed by atoms with van der Waals surface area (Å²) in [6, 6.07) is 22.6. The number of nitro groups is 1. The van der Waals surface area contributed by atoms with E-state index in [1.54, 1.807) is 37.7 Å². The van der Waals surface area contributed by atoms with Gasteiger partial charge in [-0.25, -0.2) is 18.1 Å². The van der Waals surface area contributed by atoms with Crippen molar-refractivity contribution in [2.45, 2.75) is 108 Å². The molecule has 3 fully saturated rings. The molecule has 1 aliphatic carbocycles. The highest BCUT2D eigenvalue weighted by Gasteiger charge is 2.50. The molecule has 4 heterocycles. The van der Waals surface area contributed by atoms with Crippen LogP contribution in [0.4, 0.5) is 17.1 Å². The third-order valence-corrected chi connectivity index (χ3v) is 15.4. The van der Waals surface area contributed by atoms with Crippen molar-refractivity contribution in [3.05, 3.63) is 112 Å². The number of sulfonamides is 1. The van der Waals surface area contributed by atoms with Gasteiger partial charge in [-0.2, -0.15) is 0 Å². The molecular formula is C50H63N7O7S. The number of carbonyl (C=O) groups excluding carboxylic acids is 1. The van der Waals surface area contributed by atoms with E-state index in [2.05, 4.69) is 74.8 Å². The number of pyridine rings is 1. The van der Waals surface area contributed by atoms with Crippen molar-refractivity contribution in [1.82, 2.24) is 19.6 Å². The number of methoxy groups -OCH3 is 1. The lowest BCUT2D eigenvalue weighted by Crippen LogP contribution is -2.54. The lowest BCUT2D eigenvalue weighted by molar-refractivity contribution is -0.384. The topological polar surface area (TPSA) is 172 Å². The molecule has 2 saturated heterocycles. The second kappa shape index (κ2) is 19.9. The largest absolute Gasteiger partial charge is 0.455 e. The van der Waals surface area contributed by atoms with Crippen molar-refractivity contribution < 1.29 is 27.6 Å². The maximum Gasteiger partial charge on any atom is 0.293 e. The van der Waals surface area contributed by atoms with Gasteiger partial charge in [0.2, 0.25) is 0 Å². The Morgan fingerprint density at radius 3 is 2.58 bits per heavy atom. The molecule has 2 atom stereocenters. The molecule has 15 heteroatoms. The summed E-state index contributed by atoms with van der Waals surface area (Å²) in [6.07, 6.45) is 14.0. The van der Waals surface area contributed by atoms with Crippen molar-refractivity contribution in [2.75, 3.05) is 50.1 Å². The number of H-pyrrole nitrogens is 1. The zero-order chi connectivity index (χ0) is 45.7. The molecule has 8 rings (SSSR count). The van der Waals surface area contributed by atoms with E-state index < -0.39 is 31.4 Å². The van der Waals surface area contributed by atoms with E-state index in [0.29, 0.717) is 48.0 Å². The molecule has 0 bridgehead atoms. The molecule has 1 amide bonds. The fourth-order valence-electron chi connectivity index (χ4n) is 10.4. The van der Waals surface area contributed by atoms with Gasteiger partial charge in [0.15, 0.2) is 0 Å². The average Bonchev–Trinajstić information content (AvgIpc) is 3.98. The minimum absolute atomic E-state index is 0.0111. The van der Waals surface area contributed by atoms with Gasteiger partial charge in [-0.15, -0.1) is 0 Å². The number of likely N-dealkylation sites (tertiary alicyclic amines) is 1. The molecule has 1 spiro atoms. The van der Waals surface area contributed by atoms with Crippen LogP contribution in [0.3, 0.4) is 0 Å². The van der Waals surface area contributed by atoms with Gasteiger partial charge in [-0.1, -0.05) is 57.9 Å². The number of aromatic amines is 1. The lowest BCUT2D eigenvalue weighted by Gasteiger charge is -2.56. The highest BCUT2D eigenvalue weighted by atomic mass is 32.2. The maximum absolute atomic E-state index is 14.0. The normalized spacial score (nSPS) is 18.2. The number of nitro benzene ring substituents is 1. The Labute approximate surface area is 382 Å². The molecule has 0 radical (unpaired) electrons. The summed E-state index contributed by atoms with van der Waals surface area (Å²) in [5.74, 6) is 0.316. The lowest BCUT2D eigenvalue weighted by atomic mass is 9.59. The van der Waals surface area contributed by atoms with E-state index in [0.717, 1.165) is 75.3 Å². The molecule has 65 heavy (non-hydrogen) atoms. The predicted molar refractivity (Wildman–Crippen MR) is 254 cm³/mol. The summed E-state index contributed by atoms with van der Waals surface area (Å²) in [5, 5.41) is 16.2. The molecule has 5 aromatic rings. The van der Waals surface area contributed by atoms with Crippen molar-refractivity contribution >= 4 is 44.0 Å². The van der Waals surface area contributed by atoms with Crippen LogP contribution in [0.25, 0.3) is 11.0 Å². The van der Waals surface area contributed by atoms with Crippen LogP contribution < -0.4 is 19.7 Å². The SMILES string of the molecule is CCCC[C@H](CCOC)CNc1ccc(S(=O)(=O)NC(=O)c2ccc(N3CCC4(CC3)CC(N3CCC[C@H]3c3ccccc3C(C)C)C4)cc2Oc2cnc3[nH]ccc3c2)cc1[N+](=O)[O-]. The summed E-state index contributed by atoms with van der Waals surface area (Å²) in [4.78, 5) is 37.8. The Morgan fingerprint density at radius 2 is 1.83 bits per heavy atom. The zero-order valence-electron chi connectivity index (χ0n) is 38.1. The molecule has 14 nitrogen and oxygen atoms in total. The first-order chi connectivity index (χ1) is 31.4. The third-order valence-electron chi connectivity index (χ3n) is 14.1. The average molecular weight is 906 g/mol. The van der Waals surface area contributed by atoms with Crippen LogP contribution in [0.15, 0.2) is 90.1 Å². The van der Waals surface area contributed by atoms with Crippen molar-refractivity contribution in [3.8, 4) is 11.5 Å². The van der Waals surface area contributed by atoms with Crippen LogP contribution in [0, 0.1) is 21.4 Å². The molecule has 3 N–H and O–H groups in total. The van der Waals surface area contributed by atoms with E-state index in [1.165, 1.54) is 48.9 Å². The van der Waals surface area contributed by atoms with Crippen molar-refractivity contribution in [2.24, 2.45) is 11.3 Å². The summed E-state index contributed by atoms with van der Waals surface area (Å²) in [6.45, 7) is 10.6. The summed E-state index contributed by atoms with van der Waals surface area (Å²) in [7, 11) is -2.92. The molecule has 346 valence electrons.